The molecule has 0 aliphatic heterocycles. The Hall–Kier alpha value is -2.73. The molecule has 0 amide bonds. The SMILES string of the molecule is CCCCC1CCc2nc(C(C)C)c(Cc3ccc(C(F)(F)F)cc3)c(-c3ccc(F)cc3)c2C1O. The number of hydrogen-bond donors (Lipinski definition) is 1. The van der Waals surface area contributed by atoms with Crippen LogP contribution in [-0.4, -0.2) is 10.1 Å². The molecule has 2 unspecified atom stereocenters. The average Bonchev–Trinajstić information content (AvgIpc) is 2.84. The van der Waals surface area contributed by atoms with Crippen molar-refractivity contribution in [1.29, 1.82) is 0 Å². The van der Waals surface area contributed by atoms with Crippen LogP contribution in [0.25, 0.3) is 11.1 Å². The summed E-state index contributed by atoms with van der Waals surface area (Å²) in [6.45, 7) is 6.22. The maximum absolute atomic E-state index is 13.9. The van der Waals surface area contributed by atoms with E-state index in [4.69, 9.17) is 4.98 Å². The third-order valence-corrected chi connectivity index (χ3v) is 7.21. The lowest BCUT2D eigenvalue weighted by Gasteiger charge is -2.34. The molecule has 2 aromatic carbocycles. The van der Waals surface area contributed by atoms with Crippen LogP contribution < -0.4 is 0 Å². The second-order valence-corrected chi connectivity index (χ2v) is 10.1. The van der Waals surface area contributed by atoms with Crippen molar-refractivity contribution in [3.05, 3.63) is 88.0 Å². The Kier molecular flexibility index (Phi) is 7.84. The van der Waals surface area contributed by atoms with E-state index in [1.165, 1.54) is 24.3 Å². The van der Waals surface area contributed by atoms with Gasteiger partial charge in [-0.1, -0.05) is 57.9 Å². The molecule has 1 aromatic heterocycles. The Morgan fingerprint density at radius 1 is 1.03 bits per heavy atom. The molecule has 36 heavy (non-hydrogen) atoms. The first-order valence-electron chi connectivity index (χ1n) is 12.8. The molecule has 0 radical (unpaired) electrons. The lowest BCUT2D eigenvalue weighted by molar-refractivity contribution is -0.137. The molecule has 0 saturated heterocycles. The van der Waals surface area contributed by atoms with Crippen molar-refractivity contribution in [1.82, 2.24) is 4.98 Å². The highest BCUT2D eigenvalue weighted by Gasteiger charge is 2.34. The number of alkyl halides is 3. The zero-order valence-corrected chi connectivity index (χ0v) is 21.0. The normalized spacial score (nSPS) is 17.9. The summed E-state index contributed by atoms with van der Waals surface area (Å²) in [4.78, 5) is 5.02. The van der Waals surface area contributed by atoms with Crippen LogP contribution in [0.2, 0.25) is 0 Å². The fourth-order valence-electron chi connectivity index (χ4n) is 5.32. The van der Waals surface area contributed by atoms with E-state index in [2.05, 4.69) is 6.92 Å². The van der Waals surface area contributed by atoms with E-state index in [0.717, 1.165) is 83.4 Å². The number of aliphatic hydroxyl groups excluding tert-OH is 1. The Balaban J connectivity index is 1.90. The molecule has 1 aliphatic rings. The quantitative estimate of drug-likeness (QED) is 0.331. The van der Waals surface area contributed by atoms with E-state index in [9.17, 15) is 22.7 Å². The van der Waals surface area contributed by atoms with Gasteiger partial charge >= 0.3 is 6.18 Å². The molecule has 0 fully saturated rings. The Bertz CT molecular complexity index is 1180. The van der Waals surface area contributed by atoms with Crippen molar-refractivity contribution in [2.24, 2.45) is 5.92 Å². The number of pyridine rings is 1. The highest BCUT2D eigenvalue weighted by Crippen LogP contribution is 2.45. The first-order chi connectivity index (χ1) is 17.1. The standard InChI is InChI=1S/C30H33F4NO/c1-4-5-6-21-11-16-25-27(29(21)36)26(20-9-14-23(31)15-10-20)24(28(35-25)18(2)3)17-19-7-12-22(13-8-19)30(32,33)34/h7-10,12-15,18,21,29,36H,4-6,11,16-17H2,1-3H3. The summed E-state index contributed by atoms with van der Waals surface area (Å²) < 4.78 is 53.2. The number of aromatic nitrogens is 1. The third-order valence-electron chi connectivity index (χ3n) is 7.21. The van der Waals surface area contributed by atoms with Crippen LogP contribution in [0.4, 0.5) is 17.6 Å². The molecule has 4 rings (SSSR count). The molecular formula is C30H33F4NO. The molecule has 0 spiro atoms. The smallest absolute Gasteiger partial charge is 0.388 e. The van der Waals surface area contributed by atoms with Gasteiger partial charge in [0.05, 0.1) is 11.7 Å². The van der Waals surface area contributed by atoms with Crippen LogP contribution in [0.3, 0.4) is 0 Å². The molecule has 6 heteroatoms. The van der Waals surface area contributed by atoms with Gasteiger partial charge in [-0.05, 0) is 84.0 Å². The van der Waals surface area contributed by atoms with Gasteiger partial charge in [0.1, 0.15) is 5.82 Å². The average molecular weight is 500 g/mol. The van der Waals surface area contributed by atoms with Gasteiger partial charge in [-0.3, -0.25) is 4.98 Å². The first-order valence-corrected chi connectivity index (χ1v) is 12.8. The predicted octanol–water partition coefficient (Wildman–Crippen LogP) is 8.41. The van der Waals surface area contributed by atoms with Crippen LogP contribution >= 0.6 is 0 Å². The Morgan fingerprint density at radius 2 is 1.69 bits per heavy atom. The fourth-order valence-corrected chi connectivity index (χ4v) is 5.32. The summed E-state index contributed by atoms with van der Waals surface area (Å²) in [6, 6.07) is 11.4. The Morgan fingerprint density at radius 3 is 2.28 bits per heavy atom. The van der Waals surface area contributed by atoms with E-state index in [1.54, 1.807) is 12.1 Å². The van der Waals surface area contributed by atoms with E-state index >= 15 is 0 Å². The number of aliphatic hydroxyl groups is 1. The molecular weight excluding hydrogens is 466 g/mol. The van der Waals surface area contributed by atoms with E-state index in [1.807, 2.05) is 13.8 Å². The molecule has 2 atom stereocenters. The second-order valence-electron chi connectivity index (χ2n) is 10.1. The highest BCUT2D eigenvalue weighted by molar-refractivity contribution is 5.74. The van der Waals surface area contributed by atoms with E-state index in [0.29, 0.717) is 6.42 Å². The number of fused-ring (bicyclic) bond motifs is 1. The molecule has 1 aliphatic carbocycles. The van der Waals surface area contributed by atoms with Crippen LogP contribution in [0, 0.1) is 11.7 Å². The number of aryl methyl sites for hydroxylation is 1. The summed E-state index contributed by atoms with van der Waals surface area (Å²) in [5.74, 6) is -0.174. The highest BCUT2D eigenvalue weighted by atomic mass is 19.4. The summed E-state index contributed by atoms with van der Waals surface area (Å²) in [6.07, 6.45) is -0.115. The van der Waals surface area contributed by atoms with Crippen molar-refractivity contribution < 1.29 is 22.7 Å². The third kappa shape index (κ3) is 5.49. The number of halogens is 4. The Labute approximate surface area is 210 Å². The number of hydrogen-bond acceptors (Lipinski definition) is 2. The fraction of sp³-hybridized carbons (Fsp3) is 0.433. The zero-order valence-electron chi connectivity index (χ0n) is 21.0. The van der Waals surface area contributed by atoms with Gasteiger partial charge in [0, 0.05) is 17.0 Å². The lowest BCUT2D eigenvalue weighted by atomic mass is 9.75. The monoisotopic (exact) mass is 499 g/mol. The van der Waals surface area contributed by atoms with Crippen LogP contribution in [0.1, 0.15) is 92.1 Å². The topological polar surface area (TPSA) is 33.1 Å². The minimum Gasteiger partial charge on any atom is -0.388 e. The van der Waals surface area contributed by atoms with Crippen LogP contribution in [0.15, 0.2) is 48.5 Å². The lowest BCUT2D eigenvalue weighted by Crippen LogP contribution is -2.24. The molecule has 3 aromatic rings. The van der Waals surface area contributed by atoms with Gasteiger partial charge < -0.3 is 5.11 Å². The maximum Gasteiger partial charge on any atom is 0.416 e. The van der Waals surface area contributed by atoms with Gasteiger partial charge in [-0.2, -0.15) is 13.2 Å². The molecule has 0 bridgehead atoms. The minimum absolute atomic E-state index is 0.0638. The molecule has 1 N–H and O–H groups in total. The van der Waals surface area contributed by atoms with Gasteiger partial charge in [0.25, 0.3) is 0 Å². The van der Waals surface area contributed by atoms with Crippen molar-refractivity contribution in [3.63, 3.8) is 0 Å². The summed E-state index contributed by atoms with van der Waals surface area (Å²) in [5.41, 5.74) is 5.08. The predicted molar refractivity (Wildman–Crippen MR) is 134 cm³/mol. The largest absolute Gasteiger partial charge is 0.416 e. The molecule has 192 valence electrons. The number of nitrogens with zero attached hydrogens (tertiary/aromatic N) is 1. The van der Waals surface area contributed by atoms with E-state index < -0.39 is 17.8 Å². The first kappa shape index (κ1) is 26.3. The van der Waals surface area contributed by atoms with Gasteiger partial charge in [-0.25, -0.2) is 4.39 Å². The minimum atomic E-state index is -4.40. The van der Waals surface area contributed by atoms with Gasteiger partial charge in [0.2, 0.25) is 0 Å². The van der Waals surface area contributed by atoms with Crippen LogP contribution in [-0.2, 0) is 19.0 Å². The molecule has 0 saturated carbocycles. The summed E-state index contributed by atoms with van der Waals surface area (Å²) in [5, 5.41) is 11.6. The van der Waals surface area contributed by atoms with Gasteiger partial charge in [0.15, 0.2) is 0 Å². The van der Waals surface area contributed by atoms with Crippen molar-refractivity contribution in [2.45, 2.75) is 77.5 Å². The second kappa shape index (κ2) is 10.7. The maximum atomic E-state index is 13.9. The molecule has 1 heterocycles. The van der Waals surface area contributed by atoms with Crippen molar-refractivity contribution in [3.8, 4) is 11.1 Å². The summed E-state index contributed by atoms with van der Waals surface area (Å²) in [7, 11) is 0. The van der Waals surface area contributed by atoms with E-state index in [-0.39, 0.29) is 17.7 Å². The van der Waals surface area contributed by atoms with Crippen LogP contribution in [0.5, 0.6) is 0 Å². The number of benzene rings is 2. The van der Waals surface area contributed by atoms with Gasteiger partial charge in [-0.15, -0.1) is 0 Å². The van der Waals surface area contributed by atoms with Crippen molar-refractivity contribution >= 4 is 0 Å². The number of rotatable bonds is 7. The number of unbranched alkanes of at least 4 members (excludes halogenated alkanes) is 1. The zero-order chi connectivity index (χ0) is 26.0. The van der Waals surface area contributed by atoms with Crippen molar-refractivity contribution in [2.75, 3.05) is 0 Å². The molecule has 2 nitrogen and oxygen atoms in total. The summed E-state index contributed by atoms with van der Waals surface area (Å²) >= 11 is 0.